The SMILES string of the molecule is C=C/C=C\C(=NC)n1c(C=O)cc2cc(C)cc(N3C[C@@H](C)n4c(c(CCCOc5cc(C)c(Cl)c(C)c5)c5ccc(Cl)c(-c6c(C)nn(C)c6C)c54)C3=O)c21.CO. The van der Waals surface area contributed by atoms with Crippen LogP contribution in [0, 0.1) is 34.6 Å². The van der Waals surface area contributed by atoms with Crippen LogP contribution in [0.25, 0.3) is 32.9 Å². The molecule has 0 aliphatic carbocycles. The number of benzene rings is 3. The summed E-state index contributed by atoms with van der Waals surface area (Å²) in [4.78, 5) is 34.4. The van der Waals surface area contributed by atoms with E-state index in [4.69, 9.17) is 38.1 Å². The van der Waals surface area contributed by atoms with Gasteiger partial charge in [0.05, 0.1) is 39.7 Å². The van der Waals surface area contributed by atoms with Crippen molar-refractivity contribution < 1.29 is 19.4 Å². The van der Waals surface area contributed by atoms with E-state index in [1.165, 1.54) is 0 Å². The fourth-order valence-corrected chi connectivity index (χ4v) is 8.73. The zero-order valence-electron chi connectivity index (χ0n) is 34.6. The maximum atomic E-state index is 15.4. The number of anilines is 1. The van der Waals surface area contributed by atoms with Crippen LogP contribution in [0.4, 0.5) is 5.69 Å². The predicted molar refractivity (Wildman–Crippen MR) is 238 cm³/mol. The highest BCUT2D eigenvalue weighted by molar-refractivity contribution is 6.35. The largest absolute Gasteiger partial charge is 0.494 e. The first kappa shape index (κ1) is 42.2. The zero-order valence-corrected chi connectivity index (χ0v) is 36.1. The summed E-state index contributed by atoms with van der Waals surface area (Å²) in [5.41, 5.74) is 10.9. The van der Waals surface area contributed by atoms with Crippen LogP contribution in [0.5, 0.6) is 5.75 Å². The average Bonchev–Trinajstić information content (AvgIpc) is 3.82. The number of aromatic nitrogens is 4. The minimum atomic E-state index is -0.158. The number of hydrogen-bond acceptors (Lipinski definition) is 6. The highest BCUT2D eigenvalue weighted by Crippen LogP contribution is 2.46. The number of nitrogens with zero attached hydrogens (tertiary/aromatic N) is 6. The van der Waals surface area contributed by atoms with Crippen LogP contribution in [-0.4, -0.2) is 69.4 Å². The number of aliphatic hydroxyl groups is 1. The number of aldehydes is 1. The maximum absolute atomic E-state index is 15.4. The maximum Gasteiger partial charge on any atom is 0.275 e. The van der Waals surface area contributed by atoms with E-state index in [0.717, 1.165) is 90.7 Å². The van der Waals surface area contributed by atoms with Gasteiger partial charge in [0.1, 0.15) is 17.3 Å². The number of allylic oxidation sites excluding steroid dienone is 3. The summed E-state index contributed by atoms with van der Waals surface area (Å²) < 4.78 is 12.2. The van der Waals surface area contributed by atoms with E-state index in [0.29, 0.717) is 53.9 Å². The van der Waals surface area contributed by atoms with Gasteiger partial charge in [-0.2, -0.15) is 5.10 Å². The number of hydrogen-bond donors (Lipinski definition) is 1. The van der Waals surface area contributed by atoms with Crippen molar-refractivity contribution in [3.8, 4) is 16.9 Å². The summed E-state index contributed by atoms with van der Waals surface area (Å²) in [5.74, 6) is 1.18. The van der Waals surface area contributed by atoms with E-state index in [-0.39, 0.29) is 11.9 Å². The van der Waals surface area contributed by atoms with Crippen LogP contribution in [0.3, 0.4) is 0 Å². The number of aliphatic hydroxyl groups excluding tert-OH is 1. The number of aryl methyl sites for hydroxylation is 6. The summed E-state index contributed by atoms with van der Waals surface area (Å²) in [6.45, 7) is 16.8. The first-order chi connectivity index (χ1) is 27.8. The molecule has 1 aliphatic rings. The Balaban J connectivity index is 0.00000279. The topological polar surface area (TPSA) is 107 Å². The summed E-state index contributed by atoms with van der Waals surface area (Å²) in [6.07, 6.45) is 7.31. The van der Waals surface area contributed by atoms with Crippen LogP contribution >= 0.6 is 23.2 Å². The monoisotopic (exact) mass is 820 g/mol. The third-order valence-electron chi connectivity index (χ3n) is 10.9. The molecule has 6 aromatic rings. The Morgan fingerprint density at radius 3 is 2.36 bits per heavy atom. The second kappa shape index (κ2) is 17.2. The third kappa shape index (κ3) is 7.29. The molecule has 1 N–H and O–H groups in total. The van der Waals surface area contributed by atoms with E-state index in [1.807, 2.05) is 104 Å². The summed E-state index contributed by atoms with van der Waals surface area (Å²) >= 11 is 13.6. The van der Waals surface area contributed by atoms with Crippen molar-refractivity contribution in [2.45, 2.75) is 60.4 Å². The lowest BCUT2D eigenvalue weighted by Gasteiger charge is -2.35. The fourth-order valence-electron chi connectivity index (χ4n) is 8.37. The van der Waals surface area contributed by atoms with Gasteiger partial charge in [-0.15, -0.1) is 0 Å². The van der Waals surface area contributed by atoms with Crippen molar-refractivity contribution in [3.05, 3.63) is 122 Å². The summed E-state index contributed by atoms with van der Waals surface area (Å²) in [7, 11) is 4.62. The molecule has 0 saturated carbocycles. The number of ether oxygens (including phenoxy) is 1. The highest BCUT2D eigenvalue weighted by atomic mass is 35.5. The summed E-state index contributed by atoms with van der Waals surface area (Å²) in [6, 6.07) is 13.6. The molecule has 10 nitrogen and oxygen atoms in total. The molecule has 3 aromatic heterocycles. The number of halogens is 2. The molecule has 0 unspecified atom stereocenters. The Kier molecular flexibility index (Phi) is 12.5. The summed E-state index contributed by atoms with van der Waals surface area (Å²) in [5, 5.41) is 14.9. The highest BCUT2D eigenvalue weighted by Gasteiger charge is 2.38. The Morgan fingerprint density at radius 1 is 1.03 bits per heavy atom. The lowest BCUT2D eigenvalue weighted by atomic mass is 9.98. The molecule has 302 valence electrons. The van der Waals surface area contributed by atoms with E-state index < -0.39 is 0 Å². The first-order valence-corrected chi connectivity index (χ1v) is 20.0. The third-order valence-corrected chi connectivity index (χ3v) is 11.8. The second-order valence-electron chi connectivity index (χ2n) is 14.7. The van der Waals surface area contributed by atoms with Gasteiger partial charge in [0.15, 0.2) is 6.29 Å². The molecular weight excluding hydrogens is 771 g/mol. The normalized spacial score (nSPS) is 14.3. The molecule has 0 saturated heterocycles. The van der Waals surface area contributed by atoms with Crippen molar-refractivity contribution in [1.82, 2.24) is 18.9 Å². The van der Waals surface area contributed by atoms with E-state index in [9.17, 15) is 4.79 Å². The van der Waals surface area contributed by atoms with Gasteiger partial charge in [-0.3, -0.25) is 23.8 Å². The standard InChI is InChI=1S/C45H46Cl2N6O3.CH4O/c1-10-11-14-38(48-8)53-32(24-54)22-31-18-25(2)19-37(42(31)53)51-23-28(5)52-43-35(15-16-36(46)40(43)39-29(6)49-50(9)30(39)7)34(44(52)45(51)55)13-12-17-56-33-20-26(3)41(47)27(4)21-33;1-2/h10-11,14-16,18-22,24,28H,1,12-13,17,23H2,2-9H3;2H,1H3/b14-11-,48-38?;/t28-;/m1./s1. The molecule has 1 aliphatic heterocycles. The van der Waals surface area contributed by atoms with Crippen molar-refractivity contribution in [3.63, 3.8) is 0 Å². The van der Waals surface area contributed by atoms with Crippen molar-refractivity contribution in [2.24, 2.45) is 12.0 Å². The molecule has 0 bridgehead atoms. The molecule has 4 heterocycles. The number of fused-ring (bicyclic) bond motifs is 4. The number of rotatable bonds is 10. The lowest BCUT2D eigenvalue weighted by molar-refractivity contribution is 0.0957. The van der Waals surface area contributed by atoms with Gasteiger partial charge in [-0.1, -0.05) is 48.0 Å². The average molecular weight is 822 g/mol. The molecule has 0 spiro atoms. The van der Waals surface area contributed by atoms with Crippen molar-refractivity contribution >= 4 is 68.7 Å². The molecule has 1 atom stereocenters. The van der Waals surface area contributed by atoms with E-state index in [2.05, 4.69) is 23.1 Å². The van der Waals surface area contributed by atoms with Crippen LogP contribution in [0.15, 0.2) is 72.3 Å². The number of aliphatic imine (C=N–C) groups is 1. The fraction of sp³-hybridized carbons (Fsp3) is 0.304. The molecular formula is C46H50Cl2N6O4. The molecule has 0 fully saturated rings. The van der Waals surface area contributed by atoms with Gasteiger partial charge in [-0.05, 0) is 119 Å². The van der Waals surface area contributed by atoms with Gasteiger partial charge >= 0.3 is 0 Å². The lowest BCUT2D eigenvalue weighted by Crippen LogP contribution is -2.43. The van der Waals surface area contributed by atoms with Gasteiger partial charge < -0.3 is 19.3 Å². The minimum absolute atomic E-state index is 0.134. The molecule has 58 heavy (non-hydrogen) atoms. The number of amides is 1. The first-order valence-electron chi connectivity index (χ1n) is 19.2. The van der Waals surface area contributed by atoms with Gasteiger partial charge in [0.2, 0.25) is 0 Å². The van der Waals surface area contributed by atoms with Crippen LogP contribution in [0.1, 0.15) is 74.0 Å². The Labute approximate surface area is 349 Å². The van der Waals surface area contributed by atoms with Crippen molar-refractivity contribution in [1.29, 1.82) is 0 Å². The molecule has 7 rings (SSSR count). The van der Waals surface area contributed by atoms with Crippen LogP contribution < -0.4 is 9.64 Å². The minimum Gasteiger partial charge on any atom is -0.494 e. The Bertz CT molecular complexity index is 2640. The van der Waals surface area contributed by atoms with Gasteiger partial charge in [0.25, 0.3) is 5.91 Å². The number of carbonyl (C=O) groups is 2. The van der Waals surface area contributed by atoms with Crippen LogP contribution in [-0.2, 0) is 13.5 Å². The quantitative estimate of drug-likeness (QED) is 0.0487. The molecule has 3 aromatic carbocycles. The van der Waals surface area contributed by atoms with E-state index >= 15 is 4.79 Å². The molecule has 0 radical (unpaired) electrons. The Morgan fingerprint density at radius 2 is 1.74 bits per heavy atom. The predicted octanol–water partition coefficient (Wildman–Crippen LogP) is 10.1. The molecule has 12 heteroatoms. The van der Waals surface area contributed by atoms with Gasteiger partial charge in [-0.25, -0.2) is 0 Å². The van der Waals surface area contributed by atoms with Gasteiger partial charge in [0, 0.05) is 66.4 Å². The smallest absolute Gasteiger partial charge is 0.275 e. The Hall–Kier alpha value is -5.42. The molecule has 1 amide bonds. The van der Waals surface area contributed by atoms with Crippen molar-refractivity contribution in [2.75, 3.05) is 32.2 Å². The van der Waals surface area contributed by atoms with E-state index in [1.54, 1.807) is 19.2 Å². The second-order valence-corrected chi connectivity index (χ2v) is 15.5. The van der Waals surface area contributed by atoms with Crippen LogP contribution in [0.2, 0.25) is 10.0 Å². The zero-order chi connectivity index (χ0) is 42.2. The number of carbonyl (C=O) groups excluding carboxylic acids is 2.